The second kappa shape index (κ2) is 2.29. The molecule has 1 aliphatic rings. The van der Waals surface area contributed by atoms with Crippen molar-refractivity contribution in [1.82, 2.24) is 0 Å². The van der Waals surface area contributed by atoms with Gasteiger partial charge in [0.25, 0.3) is 0 Å². The molecule has 3 heteroatoms. The van der Waals surface area contributed by atoms with Crippen LogP contribution in [0.25, 0.3) is 0 Å². The maximum atomic E-state index is 12.0. The Kier molecular flexibility index (Phi) is 1.75. The van der Waals surface area contributed by atoms with Gasteiger partial charge in [-0.05, 0) is 26.2 Å². The van der Waals surface area contributed by atoms with Crippen LogP contribution in [0, 0.1) is 0 Å². The molecular formula is C7H9F3. The fourth-order valence-corrected chi connectivity index (χ4v) is 1.28. The summed E-state index contributed by atoms with van der Waals surface area (Å²) in [6, 6.07) is 0. The molecule has 0 spiro atoms. The van der Waals surface area contributed by atoms with Crippen LogP contribution in [-0.2, 0) is 0 Å². The van der Waals surface area contributed by atoms with Crippen LogP contribution < -0.4 is 0 Å². The Morgan fingerprint density at radius 3 is 2.00 bits per heavy atom. The normalized spacial score (nSPS) is 20.4. The minimum absolute atomic E-state index is 0.218. The van der Waals surface area contributed by atoms with Crippen molar-refractivity contribution < 1.29 is 13.2 Å². The van der Waals surface area contributed by atoms with Gasteiger partial charge in [-0.3, -0.25) is 0 Å². The van der Waals surface area contributed by atoms with Crippen LogP contribution in [0.2, 0.25) is 0 Å². The first kappa shape index (κ1) is 7.63. The second-order valence-corrected chi connectivity index (χ2v) is 2.61. The molecule has 0 aromatic carbocycles. The largest absolute Gasteiger partial charge is 0.412 e. The van der Waals surface area contributed by atoms with Gasteiger partial charge < -0.3 is 0 Å². The highest BCUT2D eigenvalue weighted by molar-refractivity contribution is 5.21. The predicted octanol–water partition coefficient (Wildman–Crippen LogP) is 3.05. The van der Waals surface area contributed by atoms with Crippen LogP contribution in [0.15, 0.2) is 11.1 Å². The van der Waals surface area contributed by atoms with E-state index in [1.54, 1.807) is 6.92 Å². The highest BCUT2D eigenvalue weighted by Crippen LogP contribution is 2.37. The lowest BCUT2D eigenvalue weighted by molar-refractivity contribution is -0.0936. The van der Waals surface area contributed by atoms with Gasteiger partial charge in [-0.15, -0.1) is 0 Å². The Labute approximate surface area is 57.7 Å². The number of allylic oxidation sites excluding steroid dienone is 2. The van der Waals surface area contributed by atoms with Crippen LogP contribution in [0.1, 0.15) is 26.2 Å². The van der Waals surface area contributed by atoms with E-state index >= 15 is 0 Å². The van der Waals surface area contributed by atoms with Crippen molar-refractivity contribution in [2.24, 2.45) is 0 Å². The highest BCUT2D eigenvalue weighted by Gasteiger charge is 2.36. The number of rotatable bonds is 0. The van der Waals surface area contributed by atoms with Gasteiger partial charge in [0.1, 0.15) is 0 Å². The van der Waals surface area contributed by atoms with Crippen molar-refractivity contribution in [2.45, 2.75) is 32.4 Å². The van der Waals surface area contributed by atoms with Crippen LogP contribution in [0.3, 0.4) is 0 Å². The third kappa shape index (κ3) is 1.33. The predicted molar refractivity (Wildman–Crippen MR) is 32.6 cm³/mol. The van der Waals surface area contributed by atoms with Gasteiger partial charge in [-0.25, -0.2) is 0 Å². The third-order valence-electron chi connectivity index (χ3n) is 1.84. The topological polar surface area (TPSA) is 0 Å². The van der Waals surface area contributed by atoms with E-state index in [2.05, 4.69) is 0 Å². The summed E-state index contributed by atoms with van der Waals surface area (Å²) in [7, 11) is 0. The van der Waals surface area contributed by atoms with Crippen LogP contribution >= 0.6 is 0 Å². The average molecular weight is 150 g/mol. The van der Waals surface area contributed by atoms with Crippen LogP contribution in [0.5, 0.6) is 0 Å². The van der Waals surface area contributed by atoms with E-state index in [0.717, 1.165) is 0 Å². The van der Waals surface area contributed by atoms with Crippen molar-refractivity contribution in [2.75, 3.05) is 0 Å². The van der Waals surface area contributed by atoms with Crippen molar-refractivity contribution in [3.05, 3.63) is 11.1 Å². The van der Waals surface area contributed by atoms with Gasteiger partial charge in [0, 0.05) is 5.57 Å². The molecule has 0 N–H and O–H groups in total. The number of hydrogen-bond donors (Lipinski definition) is 0. The molecule has 0 unspecified atom stereocenters. The van der Waals surface area contributed by atoms with E-state index in [1.165, 1.54) is 0 Å². The van der Waals surface area contributed by atoms with Gasteiger partial charge in [-0.1, -0.05) is 5.57 Å². The number of hydrogen-bond acceptors (Lipinski definition) is 0. The molecule has 0 bridgehead atoms. The molecule has 0 amide bonds. The molecule has 0 heterocycles. The summed E-state index contributed by atoms with van der Waals surface area (Å²) in [6.45, 7) is 1.57. The summed E-state index contributed by atoms with van der Waals surface area (Å²) < 4.78 is 35.9. The fraction of sp³-hybridized carbons (Fsp3) is 0.714. The molecule has 0 nitrogen and oxygen atoms in total. The molecule has 0 atom stereocenters. The standard InChI is InChI=1S/C7H9F3/c1-5-3-2-4-6(5)7(8,9)10/h2-4H2,1H3. The molecule has 1 rings (SSSR count). The van der Waals surface area contributed by atoms with Crippen molar-refractivity contribution >= 4 is 0 Å². The van der Waals surface area contributed by atoms with E-state index < -0.39 is 6.18 Å². The summed E-state index contributed by atoms with van der Waals surface area (Å²) in [6.07, 6.45) is -2.56. The molecule has 58 valence electrons. The molecule has 0 aromatic heterocycles. The molecule has 0 saturated carbocycles. The summed E-state index contributed by atoms with van der Waals surface area (Å²) in [5, 5.41) is 0. The minimum atomic E-state index is -4.07. The molecular weight excluding hydrogens is 141 g/mol. The minimum Gasteiger partial charge on any atom is -0.166 e. The highest BCUT2D eigenvalue weighted by atomic mass is 19.4. The maximum Gasteiger partial charge on any atom is 0.412 e. The number of alkyl halides is 3. The molecule has 0 radical (unpaired) electrons. The maximum absolute atomic E-state index is 12.0. The van der Waals surface area contributed by atoms with E-state index in [0.29, 0.717) is 18.4 Å². The van der Waals surface area contributed by atoms with Crippen molar-refractivity contribution in [1.29, 1.82) is 0 Å². The zero-order valence-corrected chi connectivity index (χ0v) is 5.76. The van der Waals surface area contributed by atoms with E-state index in [4.69, 9.17) is 0 Å². The molecule has 1 aliphatic carbocycles. The zero-order chi connectivity index (χ0) is 7.78. The Morgan fingerprint density at radius 2 is 1.80 bits per heavy atom. The van der Waals surface area contributed by atoms with Crippen LogP contribution in [-0.4, -0.2) is 6.18 Å². The summed E-state index contributed by atoms with van der Waals surface area (Å²) in [5.74, 6) is 0. The molecule has 0 aliphatic heterocycles. The first-order valence-corrected chi connectivity index (χ1v) is 3.27. The second-order valence-electron chi connectivity index (χ2n) is 2.61. The zero-order valence-electron chi connectivity index (χ0n) is 5.76. The SMILES string of the molecule is CC1=C(C(F)(F)F)CCC1. The van der Waals surface area contributed by atoms with Gasteiger partial charge in [0.05, 0.1) is 0 Å². The molecule has 10 heavy (non-hydrogen) atoms. The van der Waals surface area contributed by atoms with Crippen LogP contribution in [0.4, 0.5) is 13.2 Å². The van der Waals surface area contributed by atoms with Gasteiger partial charge in [0.2, 0.25) is 0 Å². The van der Waals surface area contributed by atoms with Crippen molar-refractivity contribution in [3.8, 4) is 0 Å². The molecule has 0 saturated heterocycles. The summed E-state index contributed by atoms with van der Waals surface area (Å²) in [4.78, 5) is 0. The Bertz CT molecular complexity index is 164. The first-order chi connectivity index (χ1) is 4.52. The Hall–Kier alpha value is -0.470. The van der Waals surface area contributed by atoms with Crippen molar-refractivity contribution in [3.63, 3.8) is 0 Å². The molecule has 0 fully saturated rings. The quantitative estimate of drug-likeness (QED) is 0.465. The Morgan fingerprint density at radius 1 is 1.20 bits per heavy atom. The van der Waals surface area contributed by atoms with Gasteiger partial charge >= 0.3 is 6.18 Å². The smallest absolute Gasteiger partial charge is 0.166 e. The van der Waals surface area contributed by atoms with E-state index in [9.17, 15) is 13.2 Å². The third-order valence-corrected chi connectivity index (χ3v) is 1.84. The van der Waals surface area contributed by atoms with Gasteiger partial charge in [0.15, 0.2) is 0 Å². The summed E-state index contributed by atoms with van der Waals surface area (Å²) >= 11 is 0. The molecule has 0 aromatic rings. The fourth-order valence-electron chi connectivity index (χ4n) is 1.28. The monoisotopic (exact) mass is 150 g/mol. The lowest BCUT2D eigenvalue weighted by Crippen LogP contribution is -2.10. The van der Waals surface area contributed by atoms with E-state index in [-0.39, 0.29) is 12.0 Å². The Balaban J connectivity index is 2.81. The average Bonchev–Trinajstić information content (AvgIpc) is 2.11. The lowest BCUT2D eigenvalue weighted by Gasteiger charge is -2.07. The number of halogens is 3. The summed E-state index contributed by atoms with van der Waals surface area (Å²) in [5.41, 5.74) is 0.222. The van der Waals surface area contributed by atoms with Gasteiger partial charge in [-0.2, -0.15) is 13.2 Å². The van der Waals surface area contributed by atoms with E-state index in [1.807, 2.05) is 0 Å². The lowest BCUT2D eigenvalue weighted by atomic mass is 10.2. The first-order valence-electron chi connectivity index (χ1n) is 3.27.